The zero-order valence-corrected chi connectivity index (χ0v) is 27.3. The Morgan fingerprint density at radius 2 is 0.863 bits per heavy atom. The quantitative estimate of drug-likeness (QED) is 0.179. The molecule has 236 valence electrons. The zero-order chi connectivity index (χ0) is 33.5. The van der Waals surface area contributed by atoms with Gasteiger partial charge in [-0.3, -0.25) is 0 Å². The molecular formula is C47H27N3O. The number of aromatic nitrogens is 3. The van der Waals surface area contributed by atoms with E-state index in [2.05, 4.69) is 146 Å². The molecule has 0 atom stereocenters. The second kappa shape index (κ2) is 10.8. The molecule has 0 aliphatic carbocycles. The molecule has 0 aliphatic heterocycles. The van der Waals surface area contributed by atoms with Gasteiger partial charge >= 0.3 is 0 Å². The monoisotopic (exact) mass is 649 g/mol. The summed E-state index contributed by atoms with van der Waals surface area (Å²) in [6.45, 7) is 0. The highest BCUT2D eigenvalue weighted by molar-refractivity contribution is 6.30. The van der Waals surface area contributed by atoms with Gasteiger partial charge in [-0.15, -0.1) is 0 Å². The SMILES string of the molecule is c1ccc(-c2nc(-c3cc4ccccc4c4ccccc34)nc(-c3cc4ccc5ccccc5c4c4oc5ccc6ccccc6c5c34)n2)cc1. The van der Waals surface area contributed by atoms with Gasteiger partial charge in [-0.2, -0.15) is 0 Å². The third-order valence-corrected chi connectivity index (χ3v) is 10.3. The molecule has 0 saturated carbocycles. The van der Waals surface area contributed by atoms with Crippen LogP contribution >= 0.6 is 0 Å². The number of benzene rings is 9. The van der Waals surface area contributed by atoms with E-state index >= 15 is 0 Å². The van der Waals surface area contributed by atoms with Gasteiger partial charge in [-0.05, 0) is 66.7 Å². The Morgan fingerprint density at radius 1 is 0.333 bits per heavy atom. The van der Waals surface area contributed by atoms with Crippen LogP contribution in [0.25, 0.3) is 110 Å². The number of nitrogens with zero attached hydrogens (tertiary/aromatic N) is 3. The van der Waals surface area contributed by atoms with Gasteiger partial charge in [0.15, 0.2) is 17.5 Å². The predicted octanol–water partition coefficient (Wildman–Crippen LogP) is 12.5. The van der Waals surface area contributed by atoms with E-state index < -0.39 is 0 Å². The smallest absolute Gasteiger partial charge is 0.164 e. The molecule has 0 bridgehead atoms. The van der Waals surface area contributed by atoms with E-state index in [1.54, 1.807) is 0 Å². The van der Waals surface area contributed by atoms with Gasteiger partial charge < -0.3 is 4.42 Å². The normalized spacial score (nSPS) is 11.9. The van der Waals surface area contributed by atoms with Crippen LogP contribution < -0.4 is 0 Å². The van der Waals surface area contributed by atoms with Crippen LogP contribution in [0.5, 0.6) is 0 Å². The maximum absolute atomic E-state index is 6.91. The molecule has 0 saturated heterocycles. The molecule has 4 nitrogen and oxygen atoms in total. The number of rotatable bonds is 3. The summed E-state index contributed by atoms with van der Waals surface area (Å²) >= 11 is 0. The van der Waals surface area contributed by atoms with E-state index in [0.717, 1.165) is 76.3 Å². The first kappa shape index (κ1) is 28.0. The Kier molecular flexibility index (Phi) is 5.92. The molecule has 11 aromatic rings. The molecule has 11 rings (SSSR count). The fourth-order valence-corrected chi connectivity index (χ4v) is 7.94. The maximum atomic E-state index is 6.91. The minimum absolute atomic E-state index is 0.604. The molecule has 0 unspecified atom stereocenters. The Labute approximate surface area is 292 Å². The molecule has 0 amide bonds. The second-order valence-electron chi connectivity index (χ2n) is 13.1. The summed E-state index contributed by atoms with van der Waals surface area (Å²) in [7, 11) is 0. The second-order valence-corrected chi connectivity index (χ2v) is 13.1. The van der Waals surface area contributed by atoms with Crippen molar-refractivity contribution in [1.82, 2.24) is 15.0 Å². The van der Waals surface area contributed by atoms with E-state index in [-0.39, 0.29) is 0 Å². The zero-order valence-electron chi connectivity index (χ0n) is 27.3. The van der Waals surface area contributed by atoms with Gasteiger partial charge in [0.05, 0.1) is 0 Å². The van der Waals surface area contributed by atoms with Gasteiger partial charge in [0.2, 0.25) is 0 Å². The summed E-state index contributed by atoms with van der Waals surface area (Å²) in [4.78, 5) is 15.8. The average molecular weight is 650 g/mol. The van der Waals surface area contributed by atoms with Gasteiger partial charge in [0, 0.05) is 32.8 Å². The standard InChI is InChI=1S/C47H27N3O/c1-2-14-30(15-3-1)45-48-46(38-26-31-16-6-7-17-33(31)36-20-10-11-21-37(36)38)50-47(49-45)39-27-32-23-22-28-12-4-8-18-34(28)41(32)44-43(39)42-35-19-9-5-13-29(35)24-25-40(42)51-44/h1-27H. The highest BCUT2D eigenvalue weighted by Crippen LogP contribution is 2.45. The number of fused-ring (bicyclic) bond motifs is 12. The topological polar surface area (TPSA) is 51.8 Å². The third-order valence-electron chi connectivity index (χ3n) is 10.3. The molecular weight excluding hydrogens is 623 g/mol. The Morgan fingerprint density at radius 3 is 1.63 bits per heavy atom. The Bertz CT molecular complexity index is 3200. The van der Waals surface area contributed by atoms with Crippen LogP contribution in [0.15, 0.2) is 168 Å². The van der Waals surface area contributed by atoms with Crippen molar-refractivity contribution in [2.24, 2.45) is 0 Å². The van der Waals surface area contributed by atoms with E-state index in [0.29, 0.717) is 17.5 Å². The van der Waals surface area contributed by atoms with Crippen molar-refractivity contribution in [1.29, 1.82) is 0 Å². The molecule has 9 aromatic carbocycles. The van der Waals surface area contributed by atoms with Crippen LogP contribution in [-0.2, 0) is 0 Å². The fourth-order valence-electron chi connectivity index (χ4n) is 7.94. The predicted molar refractivity (Wildman–Crippen MR) is 211 cm³/mol. The maximum Gasteiger partial charge on any atom is 0.164 e. The highest BCUT2D eigenvalue weighted by atomic mass is 16.3. The first-order valence-electron chi connectivity index (χ1n) is 17.2. The lowest BCUT2D eigenvalue weighted by molar-refractivity contribution is 0.673. The summed E-state index contributed by atoms with van der Waals surface area (Å²) in [6.07, 6.45) is 0. The summed E-state index contributed by atoms with van der Waals surface area (Å²) in [6, 6.07) is 57.3. The van der Waals surface area contributed by atoms with Gasteiger partial charge in [0.25, 0.3) is 0 Å². The van der Waals surface area contributed by atoms with Crippen molar-refractivity contribution < 1.29 is 4.42 Å². The molecule has 0 aliphatic rings. The summed E-state index contributed by atoms with van der Waals surface area (Å²) < 4.78 is 6.91. The van der Waals surface area contributed by atoms with Crippen LogP contribution in [0.2, 0.25) is 0 Å². The number of furan rings is 1. The van der Waals surface area contributed by atoms with Crippen LogP contribution in [-0.4, -0.2) is 15.0 Å². The van der Waals surface area contributed by atoms with Gasteiger partial charge in [-0.1, -0.05) is 146 Å². The summed E-state index contributed by atoms with van der Waals surface area (Å²) in [5, 5.41) is 13.4. The van der Waals surface area contributed by atoms with E-state index in [9.17, 15) is 0 Å². The molecule has 4 heteroatoms. The van der Waals surface area contributed by atoms with Crippen LogP contribution in [0.4, 0.5) is 0 Å². The van der Waals surface area contributed by atoms with E-state index in [1.807, 2.05) is 18.2 Å². The van der Waals surface area contributed by atoms with Crippen molar-refractivity contribution in [3.8, 4) is 34.2 Å². The van der Waals surface area contributed by atoms with Crippen LogP contribution in [0.1, 0.15) is 0 Å². The van der Waals surface area contributed by atoms with Crippen molar-refractivity contribution >= 4 is 75.8 Å². The van der Waals surface area contributed by atoms with Crippen LogP contribution in [0, 0.1) is 0 Å². The Hall–Kier alpha value is -6.91. The number of hydrogen-bond acceptors (Lipinski definition) is 4. The largest absolute Gasteiger partial charge is 0.455 e. The van der Waals surface area contributed by atoms with E-state index in [1.165, 1.54) is 16.2 Å². The molecule has 0 fully saturated rings. The minimum atomic E-state index is 0.604. The lowest BCUT2D eigenvalue weighted by Crippen LogP contribution is -2.01. The summed E-state index contributed by atoms with van der Waals surface area (Å²) in [5.41, 5.74) is 4.48. The molecule has 2 aromatic heterocycles. The third kappa shape index (κ3) is 4.23. The lowest BCUT2D eigenvalue weighted by atomic mass is 9.94. The van der Waals surface area contributed by atoms with E-state index in [4.69, 9.17) is 19.4 Å². The van der Waals surface area contributed by atoms with Crippen molar-refractivity contribution in [3.05, 3.63) is 164 Å². The number of hydrogen-bond donors (Lipinski definition) is 0. The molecule has 0 radical (unpaired) electrons. The van der Waals surface area contributed by atoms with Crippen LogP contribution in [0.3, 0.4) is 0 Å². The van der Waals surface area contributed by atoms with Crippen molar-refractivity contribution in [2.45, 2.75) is 0 Å². The molecule has 51 heavy (non-hydrogen) atoms. The first-order chi connectivity index (χ1) is 25.3. The fraction of sp³-hybridized carbons (Fsp3) is 0. The summed E-state index contributed by atoms with van der Waals surface area (Å²) in [5.74, 6) is 1.86. The first-order valence-corrected chi connectivity index (χ1v) is 17.2. The average Bonchev–Trinajstić information content (AvgIpc) is 3.60. The van der Waals surface area contributed by atoms with Crippen molar-refractivity contribution in [2.75, 3.05) is 0 Å². The Balaban J connectivity index is 1.31. The van der Waals surface area contributed by atoms with Gasteiger partial charge in [-0.25, -0.2) is 15.0 Å². The van der Waals surface area contributed by atoms with Crippen molar-refractivity contribution in [3.63, 3.8) is 0 Å². The van der Waals surface area contributed by atoms with Gasteiger partial charge in [0.1, 0.15) is 11.2 Å². The molecule has 2 heterocycles. The molecule has 0 N–H and O–H groups in total. The molecule has 0 spiro atoms. The lowest BCUT2D eigenvalue weighted by Gasteiger charge is -2.14. The minimum Gasteiger partial charge on any atom is -0.455 e. The highest BCUT2D eigenvalue weighted by Gasteiger charge is 2.23.